The van der Waals surface area contributed by atoms with Crippen molar-refractivity contribution in [1.82, 2.24) is 5.32 Å². The maximum atomic E-state index is 12.5. The molecule has 9 heteroatoms. The number of methoxy groups -OCH3 is 2. The summed E-state index contributed by atoms with van der Waals surface area (Å²) in [6.07, 6.45) is 0.243. The Labute approximate surface area is 169 Å². The fourth-order valence-corrected chi connectivity index (χ4v) is 2.69. The van der Waals surface area contributed by atoms with Gasteiger partial charge in [-0.2, -0.15) is 0 Å². The van der Waals surface area contributed by atoms with Crippen molar-refractivity contribution in [3.8, 4) is 11.5 Å². The van der Waals surface area contributed by atoms with E-state index < -0.39 is 10.5 Å². The fraction of sp³-hybridized carbons (Fsp3) is 0.316. The van der Waals surface area contributed by atoms with Crippen LogP contribution in [0.2, 0.25) is 0 Å². The van der Waals surface area contributed by atoms with Gasteiger partial charge in [0, 0.05) is 12.1 Å². The molecule has 0 radical (unpaired) electrons. The number of nitrogens with zero attached hydrogens (tertiary/aromatic N) is 1. The highest BCUT2D eigenvalue weighted by atomic mass is 35.5. The molecule has 2 rings (SSSR count). The number of nitrogens with two attached hydrogens (primary N) is 1. The lowest BCUT2D eigenvalue weighted by Gasteiger charge is -2.24. The molecule has 0 aliphatic heterocycles. The average Bonchev–Trinajstić information content (AvgIpc) is 2.67. The molecule has 0 bridgehead atoms. The molecule has 0 aliphatic carbocycles. The van der Waals surface area contributed by atoms with Gasteiger partial charge in [0.05, 0.1) is 25.2 Å². The Hall–Kier alpha value is -2.84. The molecule has 0 saturated carbocycles. The van der Waals surface area contributed by atoms with Crippen LogP contribution < -0.4 is 20.5 Å². The number of amides is 1. The largest absolute Gasteiger partial charge is 0.493 e. The van der Waals surface area contributed by atoms with Crippen molar-refractivity contribution >= 4 is 24.0 Å². The Morgan fingerprint density at radius 1 is 1.18 bits per heavy atom. The molecule has 152 valence electrons. The van der Waals surface area contributed by atoms with E-state index in [1.807, 2.05) is 6.07 Å². The number of carbonyl (C=O) groups is 1. The molecular formula is C19H24ClN3O5. The lowest BCUT2D eigenvalue weighted by Crippen LogP contribution is -2.49. The number of hydrogen-bond donors (Lipinski definition) is 2. The molecule has 2 aromatic carbocycles. The van der Waals surface area contributed by atoms with Gasteiger partial charge in [-0.05, 0) is 25.0 Å². The quantitative estimate of drug-likeness (QED) is 0.511. The van der Waals surface area contributed by atoms with E-state index in [0.717, 1.165) is 0 Å². The van der Waals surface area contributed by atoms with Crippen LogP contribution in [0.4, 0.5) is 5.69 Å². The fourth-order valence-electron chi connectivity index (χ4n) is 2.69. The van der Waals surface area contributed by atoms with Gasteiger partial charge < -0.3 is 20.5 Å². The minimum atomic E-state index is -1.20. The van der Waals surface area contributed by atoms with E-state index in [1.165, 1.54) is 20.3 Å². The van der Waals surface area contributed by atoms with Crippen LogP contribution in [0.15, 0.2) is 42.5 Å². The zero-order valence-corrected chi connectivity index (χ0v) is 16.7. The molecule has 1 amide bonds. The topological polar surface area (TPSA) is 117 Å². The zero-order valence-electron chi connectivity index (χ0n) is 15.9. The minimum Gasteiger partial charge on any atom is -0.493 e. The third-order valence-electron chi connectivity index (χ3n) is 4.31. The number of ether oxygens (including phenoxy) is 2. The average molecular weight is 410 g/mol. The summed E-state index contributed by atoms with van der Waals surface area (Å²) in [5.41, 5.74) is 5.97. The number of nitrogens with one attached hydrogen (secondary N) is 1. The van der Waals surface area contributed by atoms with Crippen molar-refractivity contribution in [2.24, 2.45) is 5.73 Å². The summed E-state index contributed by atoms with van der Waals surface area (Å²) in [5, 5.41) is 14.1. The molecule has 1 unspecified atom stereocenters. The summed E-state index contributed by atoms with van der Waals surface area (Å²) >= 11 is 0. The second kappa shape index (κ2) is 9.91. The summed E-state index contributed by atoms with van der Waals surface area (Å²) < 4.78 is 10.3. The van der Waals surface area contributed by atoms with Crippen LogP contribution in [0.25, 0.3) is 0 Å². The van der Waals surface area contributed by atoms with E-state index in [9.17, 15) is 14.9 Å². The zero-order chi connectivity index (χ0) is 20.0. The number of nitro groups is 1. The smallest absolute Gasteiger partial charge is 0.276 e. The van der Waals surface area contributed by atoms with Crippen LogP contribution in [0.5, 0.6) is 11.5 Å². The van der Waals surface area contributed by atoms with Crippen LogP contribution in [0.1, 0.15) is 18.1 Å². The Kier molecular flexibility index (Phi) is 8.21. The summed E-state index contributed by atoms with van der Waals surface area (Å²) in [7, 11) is 2.86. The molecule has 0 fully saturated rings. The van der Waals surface area contributed by atoms with Crippen molar-refractivity contribution in [3.63, 3.8) is 0 Å². The van der Waals surface area contributed by atoms with E-state index in [1.54, 1.807) is 37.3 Å². The van der Waals surface area contributed by atoms with Crippen LogP contribution in [0.3, 0.4) is 0 Å². The minimum absolute atomic E-state index is 0. The van der Waals surface area contributed by atoms with E-state index in [-0.39, 0.29) is 42.7 Å². The highest BCUT2D eigenvalue weighted by molar-refractivity contribution is 5.87. The Morgan fingerprint density at radius 3 is 2.29 bits per heavy atom. The molecule has 0 saturated heterocycles. The van der Waals surface area contributed by atoms with Gasteiger partial charge in [-0.15, -0.1) is 12.4 Å². The van der Waals surface area contributed by atoms with Crippen LogP contribution in [0, 0.1) is 10.1 Å². The lowest BCUT2D eigenvalue weighted by atomic mass is 9.92. The number of carbonyl (C=O) groups excluding carboxylic acids is 1. The van der Waals surface area contributed by atoms with Gasteiger partial charge in [0.2, 0.25) is 5.91 Å². The molecule has 2 aromatic rings. The Bertz CT molecular complexity index is 828. The first-order chi connectivity index (χ1) is 12.8. The molecule has 0 aromatic heterocycles. The van der Waals surface area contributed by atoms with Gasteiger partial charge in [-0.3, -0.25) is 14.9 Å². The Balaban J connectivity index is 0.00000392. The van der Waals surface area contributed by atoms with Crippen LogP contribution in [-0.2, 0) is 16.8 Å². The third kappa shape index (κ3) is 5.11. The summed E-state index contributed by atoms with van der Waals surface area (Å²) in [6.45, 7) is 1.81. The third-order valence-corrected chi connectivity index (χ3v) is 4.31. The molecule has 3 N–H and O–H groups in total. The highest BCUT2D eigenvalue weighted by Crippen LogP contribution is 2.34. The molecule has 0 aliphatic rings. The first-order valence-corrected chi connectivity index (χ1v) is 8.33. The number of hydrogen-bond acceptors (Lipinski definition) is 6. The molecule has 0 spiro atoms. The molecule has 28 heavy (non-hydrogen) atoms. The van der Waals surface area contributed by atoms with Gasteiger partial charge in [-0.25, -0.2) is 0 Å². The second-order valence-corrected chi connectivity index (χ2v) is 6.17. The summed E-state index contributed by atoms with van der Waals surface area (Å²) in [4.78, 5) is 23.3. The molecule has 8 nitrogen and oxygen atoms in total. The summed E-state index contributed by atoms with van der Waals surface area (Å²) in [6, 6.07) is 11.9. The predicted molar refractivity (Wildman–Crippen MR) is 108 cm³/mol. The van der Waals surface area contributed by atoms with E-state index in [0.29, 0.717) is 16.9 Å². The first kappa shape index (κ1) is 23.2. The van der Waals surface area contributed by atoms with Crippen molar-refractivity contribution < 1.29 is 19.2 Å². The van der Waals surface area contributed by atoms with Crippen LogP contribution in [-0.4, -0.2) is 31.6 Å². The van der Waals surface area contributed by atoms with Gasteiger partial charge in [-0.1, -0.05) is 30.3 Å². The van der Waals surface area contributed by atoms with Crippen LogP contribution >= 0.6 is 12.4 Å². The number of benzene rings is 2. The number of halogens is 1. The maximum absolute atomic E-state index is 12.5. The lowest BCUT2D eigenvalue weighted by molar-refractivity contribution is -0.385. The maximum Gasteiger partial charge on any atom is 0.276 e. The number of rotatable bonds is 8. The summed E-state index contributed by atoms with van der Waals surface area (Å²) in [5.74, 6) is 0.296. The monoisotopic (exact) mass is 409 g/mol. The Morgan fingerprint density at radius 2 is 1.75 bits per heavy atom. The standard InChI is InChI=1S/C19H23N3O5.ClH/c1-19(20,14-7-5-4-6-8-14)18(23)21-10-9-13-11-16(26-2)17(27-3)12-15(13)22(24)25;/h4-8,11-12H,9-10,20H2,1-3H3,(H,21,23);1H. The van der Waals surface area contributed by atoms with Crippen molar-refractivity contribution in [2.75, 3.05) is 20.8 Å². The highest BCUT2D eigenvalue weighted by Gasteiger charge is 2.30. The molecular weight excluding hydrogens is 386 g/mol. The van der Waals surface area contributed by atoms with Gasteiger partial charge >= 0.3 is 0 Å². The molecule has 0 heterocycles. The molecule has 1 atom stereocenters. The van der Waals surface area contributed by atoms with E-state index in [4.69, 9.17) is 15.2 Å². The van der Waals surface area contributed by atoms with Crippen molar-refractivity contribution in [1.29, 1.82) is 0 Å². The van der Waals surface area contributed by atoms with Gasteiger partial charge in [0.15, 0.2) is 11.5 Å². The van der Waals surface area contributed by atoms with Gasteiger partial charge in [0.25, 0.3) is 5.69 Å². The van der Waals surface area contributed by atoms with Crippen molar-refractivity contribution in [3.05, 3.63) is 63.7 Å². The second-order valence-electron chi connectivity index (χ2n) is 6.17. The van der Waals surface area contributed by atoms with Gasteiger partial charge in [0.1, 0.15) is 5.54 Å². The normalized spacial score (nSPS) is 12.3. The van der Waals surface area contributed by atoms with E-state index >= 15 is 0 Å². The van der Waals surface area contributed by atoms with E-state index in [2.05, 4.69) is 5.32 Å². The van der Waals surface area contributed by atoms with Crippen molar-refractivity contribution in [2.45, 2.75) is 18.9 Å². The predicted octanol–water partition coefficient (Wildman–Crippen LogP) is 2.57. The SMILES string of the molecule is COc1cc(CCNC(=O)C(C)(N)c2ccccc2)c([N+](=O)[O-])cc1OC.Cl. The number of nitro benzene ring substituents is 1. The first-order valence-electron chi connectivity index (χ1n) is 8.33.